The van der Waals surface area contributed by atoms with Crippen molar-refractivity contribution in [1.29, 1.82) is 0 Å². The molecule has 0 fully saturated rings. The first-order valence-corrected chi connectivity index (χ1v) is 3.56. The largest absolute Gasteiger partial charge is 0.481 e. The molecule has 8 heavy (non-hydrogen) atoms. The first-order chi connectivity index (χ1) is 3.66. The molecule has 1 radical (unpaired) electrons. The van der Waals surface area contributed by atoms with Gasteiger partial charge in [-0.25, -0.2) is 0 Å². The van der Waals surface area contributed by atoms with Crippen molar-refractivity contribution in [1.82, 2.24) is 0 Å². The lowest BCUT2D eigenvalue weighted by molar-refractivity contribution is -0.133. The summed E-state index contributed by atoms with van der Waals surface area (Å²) in [6, 6.07) is 0. The maximum atomic E-state index is 9.90. The lowest BCUT2D eigenvalue weighted by atomic mass is 10.3. The van der Waals surface area contributed by atoms with Crippen molar-refractivity contribution in [3.63, 3.8) is 0 Å². The van der Waals surface area contributed by atoms with Crippen LogP contribution in [0, 0.1) is 6.42 Å². The molecule has 0 aromatic rings. The minimum absolute atomic E-state index is 0.118. The second-order valence-electron chi connectivity index (χ2n) is 1.45. The molecule has 0 spiro atoms. The van der Waals surface area contributed by atoms with Gasteiger partial charge in [0.1, 0.15) is 0 Å². The summed E-state index contributed by atoms with van der Waals surface area (Å²) >= 11 is 1.52. The highest BCUT2D eigenvalue weighted by Gasteiger charge is 2.04. The molecule has 0 heterocycles. The van der Waals surface area contributed by atoms with Crippen molar-refractivity contribution in [2.24, 2.45) is 0 Å². The fourth-order valence-corrected chi connectivity index (χ4v) is 0.521. The number of carboxylic acid groups (broad SMARTS) is 1. The quantitative estimate of drug-likeness (QED) is 0.624. The number of thioether (sulfide) groups is 1. The van der Waals surface area contributed by atoms with Crippen LogP contribution < -0.4 is 0 Å². The smallest absolute Gasteiger partial charge is 0.308 e. The Morgan fingerprint density at radius 2 is 2.38 bits per heavy atom. The Bertz CT molecular complexity index is 82.5. The standard InChI is InChI=1S/C5H9O2S/c1-4(8-2)3-5(6)7/h3-4H,1-2H3,(H,6,7). The SMILES string of the molecule is CSC(C)[CH]C(=O)O. The van der Waals surface area contributed by atoms with E-state index in [1.807, 2.05) is 13.2 Å². The number of carbonyl (C=O) groups is 1. The molecule has 1 N–H and O–H groups in total. The summed E-state index contributed by atoms with van der Waals surface area (Å²) in [5.41, 5.74) is 0. The summed E-state index contributed by atoms with van der Waals surface area (Å²) in [5.74, 6) is -0.841. The highest BCUT2D eigenvalue weighted by molar-refractivity contribution is 7.99. The van der Waals surface area contributed by atoms with Crippen LogP contribution in [0.1, 0.15) is 6.92 Å². The molecule has 3 heteroatoms. The lowest BCUT2D eigenvalue weighted by Gasteiger charge is -1.99. The molecular formula is C5H9O2S. The second-order valence-corrected chi connectivity index (χ2v) is 2.66. The summed E-state index contributed by atoms with van der Waals surface area (Å²) in [6.07, 6.45) is 3.15. The topological polar surface area (TPSA) is 37.3 Å². The van der Waals surface area contributed by atoms with Gasteiger partial charge in [-0.3, -0.25) is 4.79 Å². The van der Waals surface area contributed by atoms with Crippen LogP contribution in [0.3, 0.4) is 0 Å². The van der Waals surface area contributed by atoms with Crippen LogP contribution in [0.25, 0.3) is 0 Å². The minimum Gasteiger partial charge on any atom is -0.481 e. The van der Waals surface area contributed by atoms with Crippen molar-refractivity contribution >= 4 is 17.7 Å². The third-order valence-corrected chi connectivity index (χ3v) is 1.63. The lowest BCUT2D eigenvalue weighted by Crippen LogP contribution is -2.05. The van der Waals surface area contributed by atoms with E-state index in [0.29, 0.717) is 0 Å². The highest BCUT2D eigenvalue weighted by Crippen LogP contribution is 2.07. The molecule has 1 unspecified atom stereocenters. The summed E-state index contributed by atoms with van der Waals surface area (Å²) in [7, 11) is 0. The Labute approximate surface area is 53.3 Å². The van der Waals surface area contributed by atoms with Crippen molar-refractivity contribution in [3.8, 4) is 0 Å². The maximum absolute atomic E-state index is 9.90. The fraction of sp³-hybridized carbons (Fsp3) is 0.600. The number of rotatable bonds is 3. The molecule has 1 atom stereocenters. The van der Waals surface area contributed by atoms with E-state index in [9.17, 15) is 4.79 Å². The molecule has 0 saturated heterocycles. The summed E-state index contributed by atoms with van der Waals surface area (Å²) in [4.78, 5) is 9.90. The zero-order valence-electron chi connectivity index (χ0n) is 4.92. The van der Waals surface area contributed by atoms with Gasteiger partial charge in [0.25, 0.3) is 0 Å². The van der Waals surface area contributed by atoms with Gasteiger partial charge in [0.15, 0.2) is 0 Å². The molecule has 0 aliphatic carbocycles. The van der Waals surface area contributed by atoms with E-state index in [0.717, 1.165) is 0 Å². The van der Waals surface area contributed by atoms with E-state index in [2.05, 4.69) is 0 Å². The zero-order valence-corrected chi connectivity index (χ0v) is 5.73. The zero-order chi connectivity index (χ0) is 6.57. The van der Waals surface area contributed by atoms with Gasteiger partial charge < -0.3 is 5.11 Å². The Balaban J connectivity index is 3.24. The third-order valence-electron chi connectivity index (χ3n) is 0.749. The third kappa shape index (κ3) is 3.99. The van der Waals surface area contributed by atoms with E-state index >= 15 is 0 Å². The first-order valence-electron chi connectivity index (χ1n) is 2.27. The normalized spacial score (nSPS) is 13.2. The van der Waals surface area contributed by atoms with Crippen LogP contribution in [0.5, 0.6) is 0 Å². The molecule has 47 valence electrons. The van der Waals surface area contributed by atoms with Crippen LogP contribution >= 0.6 is 11.8 Å². The molecule has 0 aromatic heterocycles. The number of carboxylic acids is 1. The Hall–Kier alpha value is -0.180. The van der Waals surface area contributed by atoms with Crippen molar-refractivity contribution in [3.05, 3.63) is 6.42 Å². The average molecular weight is 133 g/mol. The molecule has 0 aliphatic rings. The van der Waals surface area contributed by atoms with Gasteiger partial charge in [-0.1, -0.05) is 6.92 Å². The van der Waals surface area contributed by atoms with E-state index in [1.165, 1.54) is 18.2 Å². The van der Waals surface area contributed by atoms with Gasteiger partial charge in [-0.15, -0.1) is 0 Å². The molecule has 0 aromatic carbocycles. The van der Waals surface area contributed by atoms with Crippen molar-refractivity contribution < 1.29 is 9.90 Å². The monoisotopic (exact) mass is 133 g/mol. The number of hydrogen-bond acceptors (Lipinski definition) is 2. The molecule has 0 saturated carbocycles. The Kier molecular flexibility index (Phi) is 3.69. The second kappa shape index (κ2) is 3.78. The molecule has 0 aliphatic heterocycles. The van der Waals surface area contributed by atoms with Gasteiger partial charge in [-0.2, -0.15) is 11.8 Å². The summed E-state index contributed by atoms with van der Waals surface area (Å²) in [6.45, 7) is 1.85. The van der Waals surface area contributed by atoms with Crippen LogP contribution in [0.15, 0.2) is 0 Å². The van der Waals surface area contributed by atoms with Gasteiger partial charge in [0, 0.05) is 5.25 Å². The van der Waals surface area contributed by atoms with Crippen molar-refractivity contribution in [2.75, 3.05) is 6.26 Å². The molecule has 2 nitrogen and oxygen atoms in total. The van der Waals surface area contributed by atoms with Gasteiger partial charge in [0.05, 0.1) is 6.42 Å². The molecule has 0 bridgehead atoms. The van der Waals surface area contributed by atoms with E-state index in [4.69, 9.17) is 5.11 Å². The fourth-order valence-electron chi connectivity index (χ4n) is 0.269. The van der Waals surface area contributed by atoms with Crippen LogP contribution in [0.4, 0.5) is 0 Å². The van der Waals surface area contributed by atoms with Gasteiger partial charge in [-0.05, 0) is 6.26 Å². The van der Waals surface area contributed by atoms with E-state index in [-0.39, 0.29) is 5.25 Å². The number of hydrogen-bond donors (Lipinski definition) is 1. The maximum Gasteiger partial charge on any atom is 0.308 e. The number of aliphatic carboxylic acids is 1. The van der Waals surface area contributed by atoms with Crippen molar-refractivity contribution in [2.45, 2.75) is 12.2 Å². The predicted molar refractivity (Wildman–Crippen MR) is 34.9 cm³/mol. The molecule has 0 rings (SSSR count). The summed E-state index contributed by atoms with van der Waals surface area (Å²) in [5, 5.41) is 8.26. The van der Waals surface area contributed by atoms with Gasteiger partial charge >= 0.3 is 5.97 Å². The Morgan fingerprint density at radius 3 is 2.50 bits per heavy atom. The molecule has 0 amide bonds. The highest BCUT2D eigenvalue weighted by atomic mass is 32.2. The minimum atomic E-state index is -0.841. The van der Waals surface area contributed by atoms with Crippen LogP contribution in [0.2, 0.25) is 0 Å². The first kappa shape index (κ1) is 7.82. The molecular weight excluding hydrogens is 124 g/mol. The predicted octanol–water partition coefficient (Wildman–Crippen LogP) is 1.03. The van der Waals surface area contributed by atoms with Crippen LogP contribution in [-0.4, -0.2) is 22.6 Å². The van der Waals surface area contributed by atoms with E-state index < -0.39 is 5.97 Å². The van der Waals surface area contributed by atoms with Crippen LogP contribution in [-0.2, 0) is 4.79 Å². The van der Waals surface area contributed by atoms with E-state index in [1.54, 1.807) is 0 Å². The average Bonchev–Trinajstić information content (AvgIpc) is 1.65. The summed E-state index contributed by atoms with van der Waals surface area (Å²) < 4.78 is 0. The Morgan fingerprint density at radius 1 is 1.88 bits per heavy atom. The van der Waals surface area contributed by atoms with Gasteiger partial charge in [0.2, 0.25) is 0 Å².